The first-order chi connectivity index (χ1) is 16.8. The fourth-order valence-corrected chi connectivity index (χ4v) is 3.78. The van der Waals surface area contributed by atoms with Gasteiger partial charge in [0.15, 0.2) is 0 Å². The van der Waals surface area contributed by atoms with Gasteiger partial charge in [-0.1, -0.05) is 71.7 Å². The molecule has 0 amide bonds. The van der Waals surface area contributed by atoms with Gasteiger partial charge in [-0.25, -0.2) is 4.39 Å². The lowest BCUT2D eigenvalue weighted by molar-refractivity contribution is -0.113. The topological polar surface area (TPSA) is 44.1 Å². The van der Waals surface area contributed by atoms with E-state index >= 15 is 0 Å². The highest BCUT2D eigenvalue weighted by Crippen LogP contribution is 2.24. The summed E-state index contributed by atoms with van der Waals surface area (Å²) in [6.07, 6.45) is 4.61. The van der Waals surface area contributed by atoms with E-state index in [1.54, 1.807) is 18.2 Å². The molecule has 1 aliphatic rings. The Bertz CT molecular complexity index is 953. The quantitative estimate of drug-likeness (QED) is 0.384. The highest BCUT2D eigenvalue weighted by atomic mass is 35.5. The molecule has 0 aliphatic carbocycles. The maximum absolute atomic E-state index is 12.5. The molecule has 0 N–H and O–H groups in total. The van der Waals surface area contributed by atoms with Crippen LogP contribution in [0.5, 0.6) is 0 Å². The molecule has 1 fully saturated rings. The summed E-state index contributed by atoms with van der Waals surface area (Å²) < 4.78 is 12.5. The molecule has 3 rings (SSSR count). The van der Waals surface area contributed by atoms with Gasteiger partial charge in [-0.15, -0.1) is 0 Å². The summed E-state index contributed by atoms with van der Waals surface area (Å²) >= 11 is 5.71. The number of likely N-dealkylation sites (tertiary alicyclic amines) is 1. The summed E-state index contributed by atoms with van der Waals surface area (Å²) in [7, 11) is 2.22. The minimum absolute atomic E-state index is 0.137. The van der Waals surface area contributed by atoms with Gasteiger partial charge in [-0.3, -0.25) is 0 Å². The van der Waals surface area contributed by atoms with Crippen molar-refractivity contribution in [2.75, 3.05) is 20.1 Å². The van der Waals surface area contributed by atoms with E-state index in [0.29, 0.717) is 10.6 Å². The normalized spacial score (nSPS) is 15.7. The molecule has 1 saturated heterocycles. The van der Waals surface area contributed by atoms with Crippen LogP contribution < -0.4 is 0 Å². The van der Waals surface area contributed by atoms with Crippen molar-refractivity contribution in [2.24, 2.45) is 17.3 Å². The Morgan fingerprint density at radius 2 is 1.81 bits per heavy atom. The molecule has 1 aliphatic heterocycles. The molecule has 0 aromatic heterocycles. The van der Waals surface area contributed by atoms with E-state index < -0.39 is 0 Å². The van der Waals surface area contributed by atoms with Crippen LogP contribution >= 0.6 is 11.6 Å². The van der Waals surface area contributed by atoms with Gasteiger partial charge >= 0.3 is 0 Å². The van der Waals surface area contributed by atoms with Crippen LogP contribution in [-0.4, -0.2) is 31.3 Å². The van der Waals surface area contributed by atoms with E-state index in [1.807, 2.05) is 59.7 Å². The van der Waals surface area contributed by atoms with Gasteiger partial charge in [-0.2, -0.15) is 5.26 Å². The van der Waals surface area contributed by atoms with Gasteiger partial charge in [0.2, 0.25) is 0 Å². The second kappa shape index (κ2) is 17.3. The first-order valence-electron chi connectivity index (χ1n) is 12.8. The molecule has 0 radical (unpaired) electrons. The van der Waals surface area contributed by atoms with E-state index in [9.17, 15) is 9.18 Å². The zero-order valence-electron chi connectivity index (χ0n) is 23.8. The van der Waals surface area contributed by atoms with Crippen LogP contribution in [0.1, 0.15) is 76.6 Å². The van der Waals surface area contributed by atoms with Gasteiger partial charge in [0.05, 0.1) is 10.6 Å². The third-order valence-corrected chi connectivity index (χ3v) is 6.48. The van der Waals surface area contributed by atoms with Crippen molar-refractivity contribution >= 4 is 17.9 Å². The van der Waals surface area contributed by atoms with E-state index in [0.717, 1.165) is 35.7 Å². The first-order valence-corrected chi connectivity index (χ1v) is 13.2. The molecule has 36 heavy (non-hydrogen) atoms. The van der Waals surface area contributed by atoms with Crippen molar-refractivity contribution < 1.29 is 9.18 Å². The van der Waals surface area contributed by atoms with E-state index in [-0.39, 0.29) is 11.2 Å². The van der Waals surface area contributed by atoms with Crippen LogP contribution in [0.25, 0.3) is 0 Å². The Kier molecular flexibility index (Phi) is 16.2. The third kappa shape index (κ3) is 14.4. The van der Waals surface area contributed by atoms with Crippen LogP contribution in [0.2, 0.25) is 5.02 Å². The largest absolute Gasteiger partial charge is 0.306 e. The number of nitrogens with zero attached hydrogens (tertiary/aromatic N) is 2. The second-order valence-corrected chi connectivity index (χ2v) is 11.1. The van der Waals surface area contributed by atoms with Crippen molar-refractivity contribution in [3.05, 3.63) is 69.5 Å². The maximum atomic E-state index is 12.5. The van der Waals surface area contributed by atoms with Crippen molar-refractivity contribution in [2.45, 2.75) is 74.7 Å². The minimum atomic E-state index is -0.139. The fraction of sp³-hybridized carbons (Fsp3) is 0.548. The first kappa shape index (κ1) is 33.8. The number of rotatable bonds is 3. The third-order valence-electron chi connectivity index (χ3n) is 6.17. The molecule has 3 nitrogen and oxygen atoms in total. The predicted molar refractivity (Wildman–Crippen MR) is 152 cm³/mol. The Labute approximate surface area is 224 Å². The monoisotopic (exact) mass is 516 g/mol. The Morgan fingerprint density at radius 3 is 2.19 bits per heavy atom. The van der Waals surface area contributed by atoms with Gasteiger partial charge < -0.3 is 9.69 Å². The number of aldehydes is 1. The molecular weight excluding hydrogens is 471 g/mol. The molecular formula is C31H46ClFN2O. The van der Waals surface area contributed by atoms with Gasteiger partial charge in [0.1, 0.15) is 18.2 Å². The molecule has 2 aromatic rings. The molecule has 0 spiro atoms. The number of carbonyl (C=O) groups excluding carboxylic acids is 1. The summed E-state index contributed by atoms with van der Waals surface area (Å²) in [5.74, 6) is 1.78. The van der Waals surface area contributed by atoms with Crippen molar-refractivity contribution in [1.29, 1.82) is 5.26 Å². The lowest BCUT2D eigenvalue weighted by atomic mass is 9.91. The Morgan fingerprint density at radius 1 is 1.19 bits per heavy atom. The molecule has 2 aromatic carbocycles. The van der Waals surface area contributed by atoms with Gasteiger partial charge in [0, 0.05) is 12.0 Å². The highest BCUT2D eigenvalue weighted by Gasteiger charge is 2.23. The summed E-state index contributed by atoms with van der Waals surface area (Å²) in [6.45, 7) is 18.9. The highest BCUT2D eigenvalue weighted by molar-refractivity contribution is 6.31. The minimum Gasteiger partial charge on any atom is -0.306 e. The number of hydrogen-bond donors (Lipinski definition) is 0. The van der Waals surface area contributed by atoms with Crippen molar-refractivity contribution in [3.8, 4) is 6.07 Å². The summed E-state index contributed by atoms with van der Waals surface area (Å²) in [4.78, 5) is 12.3. The second-order valence-electron chi connectivity index (χ2n) is 10.7. The molecule has 0 saturated carbocycles. The molecule has 1 heterocycles. The van der Waals surface area contributed by atoms with Gasteiger partial charge in [0.25, 0.3) is 0 Å². The zero-order valence-corrected chi connectivity index (χ0v) is 24.5. The van der Waals surface area contributed by atoms with Crippen molar-refractivity contribution in [3.63, 3.8) is 0 Å². The Balaban J connectivity index is 0.000000462. The average molecular weight is 517 g/mol. The van der Waals surface area contributed by atoms with Crippen LogP contribution in [-0.2, 0) is 11.2 Å². The van der Waals surface area contributed by atoms with Crippen LogP contribution in [0.3, 0.4) is 0 Å². The molecule has 5 heteroatoms. The lowest BCUT2D eigenvalue weighted by Crippen LogP contribution is -2.17. The SMILES string of the molecule is CC(C)(C)C=O.CCC(C)C1CCN(C)C1.CCc1cc(F)ccc1C.Cc1ccc(C#N)c(Cl)c1. The van der Waals surface area contributed by atoms with E-state index in [4.69, 9.17) is 16.9 Å². The molecule has 2 unspecified atom stereocenters. The molecule has 200 valence electrons. The number of benzene rings is 2. The lowest BCUT2D eigenvalue weighted by Gasteiger charge is -2.16. The average Bonchev–Trinajstić information content (AvgIpc) is 3.27. The maximum Gasteiger partial charge on any atom is 0.125 e. The standard InChI is InChI=1S/C9H11F.C9H19N.C8H6ClN.C5H10O/c1-3-8-6-9(10)5-4-7(8)2;1-4-8(2)9-5-6-10(3)7-9;1-6-2-3-7(5-10)8(9)4-6;1-5(2,3)4-6/h4-6H,3H2,1-2H3;8-9H,4-7H2,1-3H3;2-4H,1H3;4H,1-3H3. The van der Waals surface area contributed by atoms with Gasteiger partial charge in [-0.05, 0) is 93.1 Å². The summed E-state index contributed by atoms with van der Waals surface area (Å²) in [5.41, 5.74) is 3.74. The van der Waals surface area contributed by atoms with E-state index in [2.05, 4.69) is 25.8 Å². The summed E-state index contributed by atoms with van der Waals surface area (Å²) in [5, 5.41) is 9.00. The van der Waals surface area contributed by atoms with Crippen LogP contribution in [0.15, 0.2) is 36.4 Å². The van der Waals surface area contributed by atoms with Crippen LogP contribution in [0, 0.1) is 48.2 Å². The van der Waals surface area contributed by atoms with Crippen molar-refractivity contribution in [1.82, 2.24) is 4.90 Å². The van der Waals surface area contributed by atoms with E-state index in [1.165, 1.54) is 37.6 Å². The zero-order chi connectivity index (χ0) is 27.9. The van der Waals surface area contributed by atoms with Crippen LogP contribution in [0.4, 0.5) is 4.39 Å². The molecule has 0 bridgehead atoms. The number of hydrogen-bond acceptors (Lipinski definition) is 3. The number of nitriles is 1. The number of carbonyl (C=O) groups is 1. The predicted octanol–water partition coefficient (Wildman–Crippen LogP) is 8.43. The number of halogens is 2. The smallest absolute Gasteiger partial charge is 0.125 e. The Hall–Kier alpha value is -2.22. The summed E-state index contributed by atoms with van der Waals surface area (Å²) in [6, 6.07) is 12.3. The fourth-order valence-electron chi connectivity index (χ4n) is 3.50. The number of aryl methyl sites for hydroxylation is 3. The molecule has 2 atom stereocenters.